The van der Waals surface area contributed by atoms with Gasteiger partial charge in [0.05, 0.1) is 18.7 Å². The van der Waals surface area contributed by atoms with Crippen LogP contribution < -0.4 is 9.47 Å². The summed E-state index contributed by atoms with van der Waals surface area (Å²) in [4.78, 5) is 14.7. The van der Waals surface area contributed by atoms with Crippen LogP contribution in [0, 0.1) is 0 Å². The first-order chi connectivity index (χ1) is 8.68. The maximum Gasteiger partial charge on any atom is 0.235 e. The van der Waals surface area contributed by atoms with Gasteiger partial charge in [0.25, 0.3) is 0 Å². The van der Waals surface area contributed by atoms with E-state index in [2.05, 4.69) is 20.9 Å². The first kappa shape index (κ1) is 13.1. The molecule has 0 bridgehead atoms. The molecule has 18 heavy (non-hydrogen) atoms. The van der Waals surface area contributed by atoms with Gasteiger partial charge in [-0.15, -0.1) is 0 Å². The van der Waals surface area contributed by atoms with E-state index in [0.29, 0.717) is 11.5 Å². The van der Waals surface area contributed by atoms with Crippen molar-refractivity contribution >= 4 is 22.0 Å². The van der Waals surface area contributed by atoms with Crippen molar-refractivity contribution in [1.82, 2.24) is 0 Å². The summed E-state index contributed by atoms with van der Waals surface area (Å²) in [6.07, 6.45) is 4.37. The summed E-state index contributed by atoms with van der Waals surface area (Å²) in [5, 5.41) is 0. The molecule has 0 amide bonds. The highest BCUT2D eigenvalue weighted by Gasteiger charge is 2.43. The van der Waals surface area contributed by atoms with Crippen molar-refractivity contribution in [1.29, 1.82) is 0 Å². The molecular formula is C13H14BrNO3. The van der Waals surface area contributed by atoms with Gasteiger partial charge in [-0.25, -0.2) is 4.79 Å². The molecule has 5 heteroatoms. The number of aliphatic imine (C=N–C) groups is 1. The summed E-state index contributed by atoms with van der Waals surface area (Å²) in [6.45, 7) is 0. The molecule has 1 aliphatic rings. The van der Waals surface area contributed by atoms with E-state index < -0.39 is 5.54 Å². The number of benzene rings is 1. The minimum atomic E-state index is -0.513. The van der Waals surface area contributed by atoms with Gasteiger partial charge in [0.1, 0.15) is 17.0 Å². The summed E-state index contributed by atoms with van der Waals surface area (Å²) in [7, 11) is 3.21. The summed E-state index contributed by atoms with van der Waals surface area (Å²) in [5.74, 6) is 1.42. The van der Waals surface area contributed by atoms with Crippen LogP contribution in [-0.4, -0.2) is 20.3 Å². The van der Waals surface area contributed by atoms with Crippen LogP contribution in [0.25, 0.3) is 0 Å². The van der Waals surface area contributed by atoms with Crippen LogP contribution in [0.15, 0.2) is 21.6 Å². The Morgan fingerprint density at radius 1 is 1.28 bits per heavy atom. The van der Waals surface area contributed by atoms with Gasteiger partial charge in [0.2, 0.25) is 6.08 Å². The fourth-order valence-corrected chi connectivity index (χ4v) is 3.18. The molecule has 1 fully saturated rings. The van der Waals surface area contributed by atoms with Crippen LogP contribution in [0.5, 0.6) is 11.5 Å². The van der Waals surface area contributed by atoms with Crippen LogP contribution >= 0.6 is 15.9 Å². The van der Waals surface area contributed by atoms with Crippen molar-refractivity contribution in [2.45, 2.75) is 24.8 Å². The normalized spacial score (nSPS) is 16.4. The van der Waals surface area contributed by atoms with Gasteiger partial charge in [0, 0.05) is 5.56 Å². The highest BCUT2D eigenvalue weighted by molar-refractivity contribution is 9.10. The Bertz CT molecular complexity index is 505. The molecule has 0 unspecified atom stereocenters. The lowest BCUT2D eigenvalue weighted by Gasteiger charge is -2.38. The lowest BCUT2D eigenvalue weighted by molar-refractivity contribution is 0.243. The number of halogens is 1. The lowest BCUT2D eigenvalue weighted by atomic mass is 9.72. The maximum absolute atomic E-state index is 10.7. The van der Waals surface area contributed by atoms with Gasteiger partial charge in [0.15, 0.2) is 0 Å². The lowest BCUT2D eigenvalue weighted by Crippen LogP contribution is -2.32. The number of hydrogen-bond donors (Lipinski definition) is 0. The van der Waals surface area contributed by atoms with Crippen LogP contribution in [0.1, 0.15) is 24.8 Å². The fraction of sp³-hybridized carbons (Fsp3) is 0.462. The van der Waals surface area contributed by atoms with Gasteiger partial charge in [-0.2, -0.15) is 4.99 Å². The molecule has 0 spiro atoms. The Morgan fingerprint density at radius 2 is 1.89 bits per heavy atom. The van der Waals surface area contributed by atoms with E-state index in [1.165, 1.54) is 0 Å². The number of ether oxygens (including phenoxy) is 2. The molecule has 0 atom stereocenters. The van der Waals surface area contributed by atoms with E-state index >= 15 is 0 Å². The van der Waals surface area contributed by atoms with Gasteiger partial charge in [-0.05, 0) is 47.3 Å². The third-order valence-electron chi connectivity index (χ3n) is 3.41. The van der Waals surface area contributed by atoms with Gasteiger partial charge >= 0.3 is 0 Å². The van der Waals surface area contributed by atoms with Crippen molar-refractivity contribution in [3.8, 4) is 11.5 Å². The molecular weight excluding hydrogens is 298 g/mol. The Hall–Kier alpha value is -1.32. The topological polar surface area (TPSA) is 47.9 Å². The Labute approximate surface area is 114 Å². The fourth-order valence-electron chi connectivity index (χ4n) is 2.32. The van der Waals surface area contributed by atoms with E-state index in [1.54, 1.807) is 20.3 Å². The minimum absolute atomic E-state index is 0.513. The molecule has 1 aromatic carbocycles. The van der Waals surface area contributed by atoms with Gasteiger partial charge in [-0.3, -0.25) is 0 Å². The Kier molecular flexibility index (Phi) is 3.73. The van der Waals surface area contributed by atoms with E-state index in [-0.39, 0.29) is 0 Å². The predicted molar refractivity (Wildman–Crippen MR) is 70.9 cm³/mol. The average molecular weight is 312 g/mol. The summed E-state index contributed by atoms with van der Waals surface area (Å²) in [6, 6.07) is 3.66. The van der Waals surface area contributed by atoms with Crippen molar-refractivity contribution in [3.05, 3.63) is 22.2 Å². The maximum atomic E-state index is 10.7. The summed E-state index contributed by atoms with van der Waals surface area (Å²) in [5.41, 5.74) is 0.361. The van der Waals surface area contributed by atoms with Gasteiger partial charge < -0.3 is 9.47 Å². The molecule has 0 saturated heterocycles. The largest absolute Gasteiger partial charge is 0.496 e. The molecule has 1 aromatic rings. The minimum Gasteiger partial charge on any atom is -0.496 e. The first-order valence-electron chi connectivity index (χ1n) is 5.68. The highest BCUT2D eigenvalue weighted by atomic mass is 79.9. The smallest absolute Gasteiger partial charge is 0.235 e. The third-order valence-corrected chi connectivity index (χ3v) is 4.20. The first-order valence-corrected chi connectivity index (χ1v) is 6.48. The second-order valence-electron chi connectivity index (χ2n) is 4.25. The number of methoxy groups -OCH3 is 2. The number of hydrogen-bond acceptors (Lipinski definition) is 4. The average Bonchev–Trinajstić information content (AvgIpc) is 2.34. The Morgan fingerprint density at radius 3 is 2.33 bits per heavy atom. The van der Waals surface area contributed by atoms with Gasteiger partial charge in [-0.1, -0.05) is 0 Å². The molecule has 1 aliphatic carbocycles. The molecule has 0 heterocycles. The zero-order valence-corrected chi connectivity index (χ0v) is 11.9. The standard InChI is InChI=1S/C13H14BrNO3/c1-17-9-4-5-10(18-2)12(14)11(9)13(15-8-16)6-3-7-13/h4-5H,3,6-7H2,1-2H3. The molecule has 0 N–H and O–H groups in total. The second kappa shape index (κ2) is 5.12. The number of rotatable bonds is 4. The SMILES string of the molecule is COc1ccc(OC)c(C2(N=C=O)CCC2)c1Br. The number of isocyanates is 1. The molecule has 0 aromatic heterocycles. The second-order valence-corrected chi connectivity index (χ2v) is 5.04. The van der Waals surface area contributed by atoms with E-state index in [1.807, 2.05) is 12.1 Å². The number of nitrogens with zero attached hydrogens (tertiary/aromatic N) is 1. The zero-order chi connectivity index (χ0) is 13.2. The van der Waals surface area contributed by atoms with Crippen LogP contribution in [0.2, 0.25) is 0 Å². The molecule has 2 rings (SSSR count). The molecule has 4 nitrogen and oxygen atoms in total. The summed E-state index contributed by atoms with van der Waals surface area (Å²) < 4.78 is 11.5. The molecule has 1 saturated carbocycles. The van der Waals surface area contributed by atoms with Crippen molar-refractivity contribution < 1.29 is 14.3 Å². The summed E-state index contributed by atoms with van der Waals surface area (Å²) >= 11 is 3.52. The Balaban J connectivity index is 2.63. The van der Waals surface area contributed by atoms with Crippen molar-refractivity contribution in [3.63, 3.8) is 0 Å². The molecule has 0 radical (unpaired) electrons. The van der Waals surface area contributed by atoms with Crippen LogP contribution in [0.4, 0.5) is 0 Å². The zero-order valence-electron chi connectivity index (χ0n) is 10.3. The number of carbonyl (C=O) groups excluding carboxylic acids is 1. The monoisotopic (exact) mass is 311 g/mol. The van der Waals surface area contributed by atoms with E-state index in [9.17, 15) is 4.79 Å². The van der Waals surface area contributed by atoms with Crippen molar-refractivity contribution in [2.75, 3.05) is 14.2 Å². The van der Waals surface area contributed by atoms with E-state index in [0.717, 1.165) is 29.3 Å². The van der Waals surface area contributed by atoms with E-state index in [4.69, 9.17) is 9.47 Å². The van der Waals surface area contributed by atoms with Crippen LogP contribution in [0.3, 0.4) is 0 Å². The quantitative estimate of drug-likeness (QED) is 0.634. The molecule has 96 valence electrons. The van der Waals surface area contributed by atoms with Crippen molar-refractivity contribution in [2.24, 2.45) is 4.99 Å². The molecule has 0 aliphatic heterocycles. The third kappa shape index (κ3) is 1.93. The van der Waals surface area contributed by atoms with Crippen LogP contribution in [-0.2, 0) is 10.3 Å². The predicted octanol–water partition coefficient (Wildman–Crippen LogP) is 3.18. The highest BCUT2D eigenvalue weighted by Crippen LogP contribution is 2.52.